The van der Waals surface area contributed by atoms with E-state index in [1.807, 2.05) is 6.20 Å². The Hall–Kier alpha value is -3.03. The normalized spacial score (nSPS) is 17.2. The maximum Gasteiger partial charge on any atom is 0.272 e. The zero-order chi connectivity index (χ0) is 17.4. The lowest BCUT2D eigenvalue weighted by molar-refractivity contribution is 0.0776. The molecule has 3 aromatic rings. The zero-order valence-electron chi connectivity index (χ0n) is 13.7. The Bertz CT molecular complexity index is 887. The van der Waals surface area contributed by atoms with Crippen molar-refractivity contribution in [2.24, 2.45) is 7.05 Å². The van der Waals surface area contributed by atoms with Gasteiger partial charge in [0.25, 0.3) is 5.91 Å². The Balaban J connectivity index is 1.54. The summed E-state index contributed by atoms with van der Waals surface area (Å²) in [5.74, 6) is -0.363. The third kappa shape index (κ3) is 2.90. The molecule has 1 amide bonds. The molecule has 2 aromatic heterocycles. The summed E-state index contributed by atoms with van der Waals surface area (Å²) in [5.41, 5.74) is 1.94. The van der Waals surface area contributed by atoms with Crippen LogP contribution in [-0.2, 0) is 7.05 Å². The van der Waals surface area contributed by atoms with Crippen molar-refractivity contribution in [1.82, 2.24) is 29.7 Å². The number of benzene rings is 1. The number of nitrogens with zero attached hydrogens (tertiary/aromatic N) is 6. The maximum atomic E-state index is 13.1. The number of aryl methyl sites for hydroxylation is 1. The quantitative estimate of drug-likeness (QED) is 0.730. The van der Waals surface area contributed by atoms with Crippen molar-refractivity contribution in [1.29, 1.82) is 0 Å². The second-order valence-corrected chi connectivity index (χ2v) is 6.12. The maximum absolute atomic E-state index is 13.1. The Morgan fingerprint density at radius 2 is 2.08 bits per heavy atom. The molecule has 25 heavy (non-hydrogen) atoms. The number of hydrogen-bond acceptors (Lipinski definition) is 4. The van der Waals surface area contributed by atoms with Gasteiger partial charge in [-0.25, -0.2) is 9.07 Å². The predicted molar refractivity (Wildman–Crippen MR) is 88.2 cm³/mol. The van der Waals surface area contributed by atoms with Crippen LogP contribution < -0.4 is 0 Å². The molecule has 1 aromatic carbocycles. The van der Waals surface area contributed by atoms with Gasteiger partial charge in [-0.05, 0) is 36.8 Å². The van der Waals surface area contributed by atoms with Crippen molar-refractivity contribution < 1.29 is 9.18 Å². The molecule has 1 saturated heterocycles. The second-order valence-electron chi connectivity index (χ2n) is 6.12. The number of aromatic nitrogens is 5. The third-order valence-electron chi connectivity index (χ3n) is 4.50. The molecule has 0 radical (unpaired) electrons. The molecular weight excluding hydrogens is 323 g/mol. The highest BCUT2D eigenvalue weighted by Gasteiger charge is 2.30. The largest absolute Gasteiger partial charge is 0.335 e. The van der Waals surface area contributed by atoms with Gasteiger partial charge in [-0.2, -0.15) is 5.10 Å². The van der Waals surface area contributed by atoms with Crippen LogP contribution >= 0.6 is 0 Å². The summed E-state index contributed by atoms with van der Waals surface area (Å²) in [7, 11) is 1.74. The standard InChI is InChI=1S/C17H17FN6O/c1-22-16(10-15(20-22)12-2-4-13(18)5-3-12)17(25)23-8-6-14(11-23)24-9-7-19-21-24/h2-5,7,9-10,14H,6,8,11H2,1H3/t14-/m1/s1. The molecule has 1 aliphatic rings. The first-order valence-corrected chi connectivity index (χ1v) is 8.07. The van der Waals surface area contributed by atoms with Gasteiger partial charge < -0.3 is 4.90 Å². The van der Waals surface area contributed by atoms with Crippen LogP contribution in [0, 0.1) is 5.82 Å². The van der Waals surface area contributed by atoms with E-state index in [2.05, 4.69) is 15.4 Å². The predicted octanol–water partition coefficient (Wildman–Crippen LogP) is 1.90. The van der Waals surface area contributed by atoms with E-state index in [-0.39, 0.29) is 17.8 Å². The van der Waals surface area contributed by atoms with Crippen LogP contribution in [0.15, 0.2) is 42.7 Å². The topological polar surface area (TPSA) is 68.8 Å². The summed E-state index contributed by atoms with van der Waals surface area (Å²) in [6.45, 7) is 1.26. The van der Waals surface area contributed by atoms with Crippen LogP contribution in [0.5, 0.6) is 0 Å². The Labute approximate surface area is 143 Å². The van der Waals surface area contributed by atoms with E-state index in [1.165, 1.54) is 12.1 Å². The van der Waals surface area contributed by atoms with Crippen molar-refractivity contribution in [2.75, 3.05) is 13.1 Å². The van der Waals surface area contributed by atoms with Crippen molar-refractivity contribution in [3.63, 3.8) is 0 Å². The molecule has 7 nitrogen and oxygen atoms in total. The molecule has 0 unspecified atom stereocenters. The summed E-state index contributed by atoms with van der Waals surface area (Å²) in [6.07, 6.45) is 4.30. The van der Waals surface area contributed by atoms with E-state index in [4.69, 9.17) is 0 Å². The lowest BCUT2D eigenvalue weighted by atomic mass is 10.1. The minimum atomic E-state index is -0.299. The van der Waals surface area contributed by atoms with E-state index in [0.717, 1.165) is 12.0 Å². The second kappa shape index (κ2) is 6.12. The Kier molecular flexibility index (Phi) is 3.79. The van der Waals surface area contributed by atoms with E-state index in [0.29, 0.717) is 24.5 Å². The van der Waals surface area contributed by atoms with Crippen LogP contribution in [-0.4, -0.2) is 48.7 Å². The first-order valence-electron chi connectivity index (χ1n) is 8.07. The van der Waals surface area contributed by atoms with Crippen LogP contribution in [0.4, 0.5) is 4.39 Å². The minimum Gasteiger partial charge on any atom is -0.335 e. The summed E-state index contributed by atoms with van der Waals surface area (Å²) in [6, 6.07) is 7.98. The van der Waals surface area contributed by atoms with Gasteiger partial charge in [0, 0.05) is 31.9 Å². The van der Waals surface area contributed by atoms with Gasteiger partial charge in [0.1, 0.15) is 11.5 Å². The van der Waals surface area contributed by atoms with Crippen molar-refractivity contribution in [3.8, 4) is 11.3 Å². The van der Waals surface area contributed by atoms with Crippen LogP contribution in [0.25, 0.3) is 11.3 Å². The van der Waals surface area contributed by atoms with E-state index < -0.39 is 0 Å². The fraction of sp³-hybridized carbons (Fsp3) is 0.294. The van der Waals surface area contributed by atoms with Crippen molar-refractivity contribution in [2.45, 2.75) is 12.5 Å². The fourth-order valence-corrected chi connectivity index (χ4v) is 3.15. The minimum absolute atomic E-state index is 0.0639. The highest BCUT2D eigenvalue weighted by Crippen LogP contribution is 2.24. The molecule has 1 fully saturated rings. The average molecular weight is 340 g/mol. The van der Waals surface area contributed by atoms with Gasteiger partial charge in [-0.3, -0.25) is 9.48 Å². The van der Waals surface area contributed by atoms with Gasteiger partial charge in [0.2, 0.25) is 0 Å². The first-order chi connectivity index (χ1) is 12.1. The summed E-state index contributed by atoms with van der Waals surface area (Å²) in [4.78, 5) is 14.6. The summed E-state index contributed by atoms with van der Waals surface area (Å²) in [5, 5.41) is 12.2. The molecule has 4 rings (SSSR count). The van der Waals surface area contributed by atoms with Gasteiger partial charge in [0.15, 0.2) is 0 Å². The Morgan fingerprint density at radius 3 is 2.80 bits per heavy atom. The molecule has 3 heterocycles. The molecule has 0 N–H and O–H groups in total. The highest BCUT2D eigenvalue weighted by atomic mass is 19.1. The van der Waals surface area contributed by atoms with Gasteiger partial charge in [0.05, 0.1) is 17.9 Å². The number of carbonyl (C=O) groups is 1. The third-order valence-corrected chi connectivity index (χ3v) is 4.50. The average Bonchev–Trinajstić information content (AvgIpc) is 3.35. The highest BCUT2D eigenvalue weighted by molar-refractivity contribution is 5.94. The monoisotopic (exact) mass is 340 g/mol. The van der Waals surface area contributed by atoms with Crippen LogP contribution in [0.1, 0.15) is 23.0 Å². The number of hydrogen-bond donors (Lipinski definition) is 0. The molecule has 0 saturated carbocycles. The first kappa shape index (κ1) is 15.5. The molecular formula is C17H17FN6O. The SMILES string of the molecule is Cn1nc(-c2ccc(F)cc2)cc1C(=O)N1CC[C@@H](n2ccnn2)C1. The van der Waals surface area contributed by atoms with E-state index in [9.17, 15) is 9.18 Å². The number of rotatable bonds is 3. The summed E-state index contributed by atoms with van der Waals surface area (Å²) < 4.78 is 16.4. The number of likely N-dealkylation sites (tertiary alicyclic amines) is 1. The van der Waals surface area contributed by atoms with Crippen molar-refractivity contribution >= 4 is 5.91 Å². The molecule has 8 heteroatoms. The zero-order valence-corrected chi connectivity index (χ0v) is 13.7. The van der Waals surface area contributed by atoms with Gasteiger partial charge in [-0.1, -0.05) is 5.21 Å². The Morgan fingerprint density at radius 1 is 1.28 bits per heavy atom. The number of halogens is 1. The fourth-order valence-electron chi connectivity index (χ4n) is 3.15. The molecule has 1 aliphatic heterocycles. The summed E-state index contributed by atoms with van der Waals surface area (Å²) >= 11 is 0. The lowest BCUT2D eigenvalue weighted by Gasteiger charge is -2.16. The molecule has 0 bridgehead atoms. The van der Waals surface area contributed by atoms with Crippen molar-refractivity contribution in [3.05, 3.63) is 54.2 Å². The van der Waals surface area contributed by atoms with E-state index in [1.54, 1.807) is 45.7 Å². The molecule has 1 atom stereocenters. The molecule has 0 aliphatic carbocycles. The van der Waals surface area contributed by atoms with Crippen LogP contribution in [0.3, 0.4) is 0 Å². The smallest absolute Gasteiger partial charge is 0.272 e. The van der Waals surface area contributed by atoms with Gasteiger partial charge in [-0.15, -0.1) is 5.10 Å². The lowest BCUT2D eigenvalue weighted by Crippen LogP contribution is -2.30. The molecule has 128 valence electrons. The van der Waals surface area contributed by atoms with E-state index >= 15 is 0 Å². The molecule has 0 spiro atoms. The van der Waals surface area contributed by atoms with Gasteiger partial charge >= 0.3 is 0 Å². The number of amides is 1. The van der Waals surface area contributed by atoms with Crippen LogP contribution in [0.2, 0.25) is 0 Å². The number of carbonyl (C=O) groups excluding carboxylic acids is 1.